The number of aliphatic imine (C=N–C) groups is 1. The monoisotopic (exact) mass is 541 g/mol. The summed E-state index contributed by atoms with van der Waals surface area (Å²) in [5.74, 6) is 0.966. The van der Waals surface area contributed by atoms with Gasteiger partial charge in [-0.05, 0) is 12.0 Å². The van der Waals surface area contributed by atoms with Crippen LogP contribution in [-0.2, 0) is 24.1 Å². The van der Waals surface area contributed by atoms with Crippen LogP contribution in [0.3, 0.4) is 0 Å². The molecule has 0 bridgehead atoms. The van der Waals surface area contributed by atoms with Gasteiger partial charge in [-0.1, -0.05) is 37.3 Å². The minimum absolute atomic E-state index is 0. The molecule has 1 N–H and O–H groups in total. The highest BCUT2D eigenvalue weighted by atomic mass is 127. The smallest absolute Gasteiger partial charge is 0.193 e. The maximum absolute atomic E-state index is 6.11. The Labute approximate surface area is 200 Å². The van der Waals surface area contributed by atoms with Crippen molar-refractivity contribution >= 4 is 41.3 Å². The number of benzene rings is 1. The van der Waals surface area contributed by atoms with Crippen LogP contribution in [0.2, 0.25) is 0 Å². The van der Waals surface area contributed by atoms with Gasteiger partial charge < -0.3 is 15.0 Å². The molecule has 0 spiro atoms. The Morgan fingerprint density at radius 3 is 2.87 bits per heavy atom. The van der Waals surface area contributed by atoms with E-state index in [9.17, 15) is 0 Å². The zero-order valence-electron chi connectivity index (χ0n) is 17.8. The highest BCUT2D eigenvalue weighted by Crippen LogP contribution is 2.24. The van der Waals surface area contributed by atoms with Crippen LogP contribution in [0.5, 0.6) is 0 Å². The van der Waals surface area contributed by atoms with Crippen LogP contribution < -0.4 is 5.32 Å². The number of hydrogen-bond donors (Lipinski definition) is 1. The van der Waals surface area contributed by atoms with Crippen LogP contribution in [0.4, 0.5) is 0 Å². The zero-order valence-corrected chi connectivity index (χ0v) is 20.9. The number of likely N-dealkylation sites (tertiary alicyclic amines) is 1. The molecule has 0 aliphatic carbocycles. The third-order valence-electron chi connectivity index (χ3n) is 5.72. The first kappa shape index (κ1) is 23.4. The molecule has 6 nitrogen and oxygen atoms in total. The molecule has 3 heterocycles. The van der Waals surface area contributed by atoms with E-state index in [1.165, 1.54) is 16.3 Å². The quantitative estimate of drug-likeness (QED) is 0.346. The van der Waals surface area contributed by atoms with Crippen molar-refractivity contribution in [3.8, 4) is 0 Å². The molecule has 0 saturated carbocycles. The number of ether oxygens (including phenoxy) is 1. The van der Waals surface area contributed by atoms with E-state index in [2.05, 4.69) is 67.7 Å². The second-order valence-corrected chi connectivity index (χ2v) is 8.59. The van der Waals surface area contributed by atoms with Crippen molar-refractivity contribution < 1.29 is 4.74 Å². The van der Waals surface area contributed by atoms with Crippen molar-refractivity contribution in [2.24, 2.45) is 4.99 Å². The molecule has 1 aromatic carbocycles. The average molecular weight is 542 g/mol. The second-order valence-electron chi connectivity index (χ2n) is 7.65. The lowest BCUT2D eigenvalue weighted by Crippen LogP contribution is -2.50. The van der Waals surface area contributed by atoms with E-state index in [1.54, 1.807) is 11.3 Å². The first-order chi connectivity index (χ1) is 14.3. The number of guanidine groups is 1. The molecular weight excluding hydrogens is 509 g/mol. The minimum Gasteiger partial charge on any atom is -0.373 e. The molecule has 0 radical (unpaired) electrons. The summed E-state index contributed by atoms with van der Waals surface area (Å²) in [6.45, 7) is 7.62. The Morgan fingerprint density at radius 1 is 1.30 bits per heavy atom. The largest absolute Gasteiger partial charge is 0.373 e. The number of rotatable bonds is 6. The van der Waals surface area contributed by atoms with Crippen molar-refractivity contribution in [1.29, 1.82) is 0 Å². The maximum Gasteiger partial charge on any atom is 0.193 e. The van der Waals surface area contributed by atoms with E-state index in [-0.39, 0.29) is 30.1 Å². The zero-order chi connectivity index (χ0) is 20.1. The molecule has 2 aliphatic heterocycles. The molecule has 2 aromatic rings. The Kier molecular flexibility index (Phi) is 8.91. The van der Waals surface area contributed by atoms with Gasteiger partial charge in [-0.25, -0.2) is 4.98 Å². The Balaban J connectivity index is 0.00000256. The highest BCUT2D eigenvalue weighted by Gasteiger charge is 2.41. The van der Waals surface area contributed by atoms with Crippen LogP contribution in [0.25, 0.3) is 0 Å². The number of nitrogens with one attached hydrogen (secondary N) is 1. The van der Waals surface area contributed by atoms with Crippen LogP contribution in [0.15, 0.2) is 40.7 Å². The summed E-state index contributed by atoms with van der Waals surface area (Å²) in [5.41, 5.74) is 2.53. The maximum atomic E-state index is 6.11. The normalized spacial score (nSPS) is 21.9. The summed E-state index contributed by atoms with van der Waals surface area (Å²) in [7, 11) is 1.87. The number of thiazole rings is 1. The first-order valence-corrected chi connectivity index (χ1v) is 11.4. The van der Waals surface area contributed by atoms with Crippen LogP contribution in [-0.4, -0.2) is 72.7 Å². The SMILES string of the molecule is CCc1nc(CCNC(=NC)N2CC3OCCN(Cc4ccccc4)C3C2)cs1.I. The summed E-state index contributed by atoms with van der Waals surface area (Å²) in [6, 6.07) is 11.1. The number of morpholine rings is 1. The fourth-order valence-corrected chi connectivity index (χ4v) is 4.99. The molecule has 2 aliphatic rings. The van der Waals surface area contributed by atoms with Gasteiger partial charge in [-0.3, -0.25) is 9.89 Å². The third-order valence-corrected chi connectivity index (χ3v) is 6.76. The van der Waals surface area contributed by atoms with Crippen molar-refractivity contribution in [2.75, 3.05) is 39.8 Å². The molecule has 2 atom stereocenters. The Hall–Kier alpha value is -1.23. The van der Waals surface area contributed by atoms with Gasteiger partial charge in [0.05, 0.1) is 29.5 Å². The fourth-order valence-electron chi connectivity index (χ4n) is 4.21. The predicted molar refractivity (Wildman–Crippen MR) is 134 cm³/mol. The first-order valence-electron chi connectivity index (χ1n) is 10.5. The lowest BCUT2D eigenvalue weighted by Gasteiger charge is -2.36. The van der Waals surface area contributed by atoms with Gasteiger partial charge in [0.15, 0.2) is 5.96 Å². The molecule has 2 unspecified atom stereocenters. The number of hydrogen-bond acceptors (Lipinski definition) is 5. The topological polar surface area (TPSA) is 53.0 Å². The van der Waals surface area contributed by atoms with Crippen LogP contribution in [0, 0.1) is 0 Å². The fraction of sp³-hybridized carbons (Fsp3) is 0.545. The van der Waals surface area contributed by atoms with E-state index in [1.807, 2.05) is 7.05 Å². The van der Waals surface area contributed by atoms with Gasteiger partial charge in [0.2, 0.25) is 0 Å². The van der Waals surface area contributed by atoms with E-state index < -0.39 is 0 Å². The van der Waals surface area contributed by atoms with Gasteiger partial charge in [0.25, 0.3) is 0 Å². The molecule has 8 heteroatoms. The lowest BCUT2D eigenvalue weighted by molar-refractivity contribution is -0.0502. The molecule has 0 amide bonds. The number of aromatic nitrogens is 1. The molecule has 2 saturated heterocycles. The molecule has 2 fully saturated rings. The van der Waals surface area contributed by atoms with Gasteiger partial charge in [0.1, 0.15) is 0 Å². The van der Waals surface area contributed by atoms with E-state index in [0.717, 1.165) is 58.1 Å². The van der Waals surface area contributed by atoms with E-state index in [4.69, 9.17) is 4.74 Å². The molecule has 1 aromatic heterocycles. The molecule has 164 valence electrons. The van der Waals surface area contributed by atoms with Crippen molar-refractivity contribution in [3.05, 3.63) is 52.0 Å². The molecule has 4 rings (SSSR count). The van der Waals surface area contributed by atoms with Crippen molar-refractivity contribution in [3.63, 3.8) is 0 Å². The van der Waals surface area contributed by atoms with Gasteiger partial charge in [0, 0.05) is 51.6 Å². The van der Waals surface area contributed by atoms with E-state index >= 15 is 0 Å². The van der Waals surface area contributed by atoms with Gasteiger partial charge >= 0.3 is 0 Å². The van der Waals surface area contributed by atoms with Crippen LogP contribution in [0.1, 0.15) is 23.2 Å². The minimum atomic E-state index is 0. The third kappa shape index (κ3) is 5.72. The summed E-state index contributed by atoms with van der Waals surface area (Å²) >= 11 is 1.75. The van der Waals surface area contributed by atoms with Crippen LogP contribution >= 0.6 is 35.3 Å². The summed E-state index contributed by atoms with van der Waals surface area (Å²) in [6.07, 6.45) is 2.18. The molecular formula is C22H32IN5OS. The van der Waals surface area contributed by atoms with Gasteiger partial charge in [-0.2, -0.15) is 0 Å². The lowest BCUT2D eigenvalue weighted by atomic mass is 10.1. The van der Waals surface area contributed by atoms with Crippen molar-refractivity contribution in [1.82, 2.24) is 20.1 Å². The summed E-state index contributed by atoms with van der Waals surface area (Å²) in [5, 5.41) is 6.91. The number of aryl methyl sites for hydroxylation is 1. The standard InChI is InChI=1S/C22H31N5OS.HI/c1-3-21-25-18(16-29-21)9-10-24-22(23-2)27-14-19-20(15-27)28-12-11-26(19)13-17-7-5-4-6-8-17;/h4-8,16,19-20H,3,9-15H2,1-2H3,(H,23,24);1H. The van der Waals surface area contributed by atoms with Gasteiger partial charge in [-0.15, -0.1) is 35.3 Å². The Morgan fingerprint density at radius 2 is 2.13 bits per heavy atom. The molecule has 30 heavy (non-hydrogen) atoms. The average Bonchev–Trinajstić information content (AvgIpc) is 3.39. The number of halogens is 1. The predicted octanol–water partition coefficient (Wildman–Crippen LogP) is 3.03. The summed E-state index contributed by atoms with van der Waals surface area (Å²) < 4.78 is 6.11. The number of nitrogens with zero attached hydrogens (tertiary/aromatic N) is 4. The van der Waals surface area contributed by atoms with E-state index in [0.29, 0.717) is 6.04 Å². The number of fused-ring (bicyclic) bond motifs is 1. The Bertz CT molecular complexity index is 815. The summed E-state index contributed by atoms with van der Waals surface area (Å²) in [4.78, 5) is 14.1. The highest BCUT2D eigenvalue weighted by molar-refractivity contribution is 14.0. The van der Waals surface area contributed by atoms with Crippen molar-refractivity contribution in [2.45, 2.75) is 38.5 Å². The second kappa shape index (κ2) is 11.4.